The zero-order valence-electron chi connectivity index (χ0n) is 4.88. The van der Waals surface area contributed by atoms with E-state index in [0.29, 0.717) is 6.42 Å². The lowest BCUT2D eigenvalue weighted by atomic mass is 10.4. The molecular weight excluding hydrogens is 207 g/mol. The summed E-state index contributed by atoms with van der Waals surface area (Å²) in [5.74, 6) is 0. The summed E-state index contributed by atoms with van der Waals surface area (Å²) in [6, 6.07) is 0. The van der Waals surface area contributed by atoms with Crippen LogP contribution in [-0.4, -0.2) is 11.5 Å². The molecule has 0 fully saturated rings. The van der Waals surface area contributed by atoms with E-state index in [1.54, 1.807) is 0 Å². The van der Waals surface area contributed by atoms with Gasteiger partial charge in [0.05, 0.1) is 0 Å². The quantitative estimate of drug-likeness (QED) is 0.378. The van der Waals surface area contributed by atoms with Crippen LogP contribution >= 0.6 is 23.5 Å². The van der Waals surface area contributed by atoms with Crippen LogP contribution in [0.2, 0.25) is 0 Å². The molecule has 0 aromatic carbocycles. The normalized spacial score (nSPS) is 11.9. The highest BCUT2D eigenvalue weighted by atomic mass is 79.9. The second-order valence-electron chi connectivity index (χ2n) is 1.73. The lowest BCUT2D eigenvalue weighted by molar-refractivity contribution is -0.313. The van der Waals surface area contributed by atoms with Gasteiger partial charge in [-0.25, -0.2) is 0 Å². The smallest absolute Gasteiger partial charge is 0.00314 e. The minimum Gasteiger partial charge on any atom is -0.811 e. The molecule has 0 aromatic heterocycles. The number of alkyl halides is 1. The van der Waals surface area contributed by atoms with Gasteiger partial charge < -0.3 is 14.4 Å². The monoisotopic (exact) mass is 214 g/mol. The van der Waals surface area contributed by atoms with Crippen molar-refractivity contribution in [3.05, 3.63) is 0 Å². The highest BCUT2D eigenvalue weighted by Crippen LogP contribution is 2.24. The molecule has 0 aliphatic rings. The van der Waals surface area contributed by atoms with Crippen molar-refractivity contribution in [3.63, 3.8) is 0 Å². The molecule has 0 amide bonds. The lowest BCUT2D eigenvalue weighted by Gasteiger charge is -2.28. The average Bonchev–Trinajstić information content (AvgIpc) is 1.63. The Morgan fingerprint density at radius 1 is 1.33 bits per heavy atom. The molecule has 0 N–H and O–H groups in total. The number of halogens is 1. The van der Waals surface area contributed by atoms with E-state index in [4.69, 9.17) is 0 Å². The Bertz CT molecular complexity index is 110. The lowest BCUT2D eigenvalue weighted by Crippen LogP contribution is -2.16. The standard InChI is InChI=1S/C4H10BrO3P/c5-3-1-2-4-9(6,7)8/h1-4H2,(H2,6,7,8)/p-2. The molecule has 0 atom stereocenters. The zero-order valence-corrected chi connectivity index (χ0v) is 7.36. The number of unbranched alkanes of at least 4 members (excludes halogenated alkanes) is 1. The van der Waals surface area contributed by atoms with E-state index < -0.39 is 7.60 Å². The summed E-state index contributed by atoms with van der Waals surface area (Å²) in [4.78, 5) is 19.9. The van der Waals surface area contributed by atoms with Crippen molar-refractivity contribution >= 4 is 23.5 Å². The molecule has 0 rings (SSSR count). The molecule has 0 aromatic rings. The highest BCUT2D eigenvalue weighted by molar-refractivity contribution is 9.09. The fraction of sp³-hybridized carbons (Fsp3) is 1.00. The minimum atomic E-state index is -4.22. The fourth-order valence-corrected chi connectivity index (χ4v) is 1.41. The first-order chi connectivity index (χ1) is 4.06. The van der Waals surface area contributed by atoms with Gasteiger partial charge in [0.25, 0.3) is 0 Å². The summed E-state index contributed by atoms with van der Waals surface area (Å²) in [5, 5.41) is 0.757. The van der Waals surface area contributed by atoms with Crippen molar-refractivity contribution in [2.24, 2.45) is 0 Å². The third-order valence-electron chi connectivity index (χ3n) is 0.816. The van der Waals surface area contributed by atoms with E-state index in [-0.39, 0.29) is 6.16 Å². The molecule has 0 saturated carbocycles. The molecular formula is C4H8BrO3P-2. The van der Waals surface area contributed by atoms with Crippen molar-refractivity contribution in [1.82, 2.24) is 0 Å². The van der Waals surface area contributed by atoms with E-state index >= 15 is 0 Å². The molecule has 0 spiro atoms. The number of rotatable bonds is 4. The second-order valence-corrected chi connectivity index (χ2v) is 4.19. The van der Waals surface area contributed by atoms with Gasteiger partial charge in [-0.1, -0.05) is 23.5 Å². The van der Waals surface area contributed by atoms with Crippen LogP contribution in [0.1, 0.15) is 12.8 Å². The van der Waals surface area contributed by atoms with Crippen molar-refractivity contribution in [2.45, 2.75) is 12.8 Å². The molecule has 9 heavy (non-hydrogen) atoms. The third-order valence-corrected chi connectivity index (χ3v) is 2.24. The van der Waals surface area contributed by atoms with Gasteiger partial charge in [-0.2, -0.15) is 0 Å². The Morgan fingerprint density at radius 2 is 1.89 bits per heavy atom. The average molecular weight is 215 g/mol. The van der Waals surface area contributed by atoms with Gasteiger partial charge in [-0.05, 0) is 19.0 Å². The topological polar surface area (TPSA) is 63.2 Å². The summed E-state index contributed by atoms with van der Waals surface area (Å²) in [6.07, 6.45) is 1.00. The van der Waals surface area contributed by atoms with E-state index in [1.807, 2.05) is 0 Å². The summed E-state index contributed by atoms with van der Waals surface area (Å²) >= 11 is 3.12. The fourth-order valence-electron chi connectivity index (χ4n) is 0.400. The number of hydrogen-bond acceptors (Lipinski definition) is 3. The van der Waals surface area contributed by atoms with Crippen LogP contribution in [0.25, 0.3) is 0 Å². The molecule has 0 bridgehead atoms. The molecule has 5 heteroatoms. The van der Waals surface area contributed by atoms with Crippen LogP contribution in [0, 0.1) is 0 Å². The first-order valence-electron chi connectivity index (χ1n) is 2.63. The molecule has 3 nitrogen and oxygen atoms in total. The van der Waals surface area contributed by atoms with Crippen molar-refractivity contribution in [2.75, 3.05) is 11.5 Å². The van der Waals surface area contributed by atoms with Crippen molar-refractivity contribution < 1.29 is 14.4 Å². The predicted molar refractivity (Wildman–Crippen MR) is 35.5 cm³/mol. The van der Waals surface area contributed by atoms with Crippen LogP contribution in [0.5, 0.6) is 0 Å². The molecule has 0 saturated heterocycles. The van der Waals surface area contributed by atoms with Crippen LogP contribution in [-0.2, 0) is 4.57 Å². The van der Waals surface area contributed by atoms with Crippen molar-refractivity contribution in [1.29, 1.82) is 0 Å². The molecule has 56 valence electrons. The maximum Gasteiger partial charge on any atom is 0.00314 e. The molecule has 0 aliphatic carbocycles. The Labute approximate surface area is 62.8 Å². The first kappa shape index (κ1) is 9.63. The van der Waals surface area contributed by atoms with Gasteiger partial charge in [0.1, 0.15) is 0 Å². The highest BCUT2D eigenvalue weighted by Gasteiger charge is 1.89. The first-order valence-corrected chi connectivity index (χ1v) is 5.48. The third kappa shape index (κ3) is 8.63. The Balaban J connectivity index is 3.18. The van der Waals surface area contributed by atoms with Gasteiger partial charge in [0, 0.05) is 5.33 Å². The van der Waals surface area contributed by atoms with E-state index in [2.05, 4.69) is 15.9 Å². The SMILES string of the molecule is O=P([O-])([O-])CCCCBr. The van der Waals surface area contributed by atoms with E-state index in [0.717, 1.165) is 11.8 Å². The Hall–Kier alpha value is 0.630. The van der Waals surface area contributed by atoms with Crippen molar-refractivity contribution in [3.8, 4) is 0 Å². The maximum absolute atomic E-state index is 9.96. The van der Waals surface area contributed by atoms with Gasteiger partial charge in [-0.3, -0.25) is 0 Å². The molecule has 0 unspecified atom stereocenters. The summed E-state index contributed by atoms with van der Waals surface area (Å²) in [7, 11) is -4.22. The minimum absolute atomic E-state index is 0.210. The predicted octanol–water partition coefficient (Wildman–Crippen LogP) is 0.0752. The van der Waals surface area contributed by atoms with Gasteiger partial charge >= 0.3 is 0 Å². The number of hydrogen-bond donors (Lipinski definition) is 0. The molecule has 0 aliphatic heterocycles. The largest absolute Gasteiger partial charge is 0.811 e. The summed E-state index contributed by atoms with van der Waals surface area (Å²) in [5.41, 5.74) is 0. The van der Waals surface area contributed by atoms with Crippen LogP contribution in [0.3, 0.4) is 0 Å². The van der Waals surface area contributed by atoms with Gasteiger partial charge in [0.15, 0.2) is 0 Å². The Morgan fingerprint density at radius 3 is 2.22 bits per heavy atom. The van der Waals surface area contributed by atoms with Crippen LogP contribution in [0.15, 0.2) is 0 Å². The second kappa shape index (κ2) is 4.45. The van der Waals surface area contributed by atoms with E-state index in [9.17, 15) is 14.4 Å². The Kier molecular flexibility index (Phi) is 4.76. The van der Waals surface area contributed by atoms with E-state index in [1.165, 1.54) is 0 Å². The van der Waals surface area contributed by atoms with Crippen LogP contribution in [0.4, 0.5) is 0 Å². The molecule has 0 heterocycles. The van der Waals surface area contributed by atoms with Gasteiger partial charge in [0.2, 0.25) is 0 Å². The van der Waals surface area contributed by atoms with Gasteiger partial charge in [-0.15, -0.1) is 0 Å². The summed E-state index contributed by atoms with van der Waals surface area (Å²) < 4.78 is 9.96. The van der Waals surface area contributed by atoms with Crippen LogP contribution < -0.4 is 9.79 Å². The zero-order chi connectivity index (χ0) is 7.33. The summed E-state index contributed by atoms with van der Waals surface area (Å²) in [6.45, 7) is 0. The molecule has 0 radical (unpaired) electrons. The maximum atomic E-state index is 9.96.